The van der Waals surface area contributed by atoms with E-state index in [1.54, 1.807) is 7.05 Å². The molecule has 2 aromatic rings. The molecule has 1 aliphatic heterocycles. The third kappa shape index (κ3) is 7.43. The van der Waals surface area contributed by atoms with Crippen LogP contribution in [0.15, 0.2) is 47.5 Å². The van der Waals surface area contributed by atoms with Gasteiger partial charge in [0.05, 0.1) is 13.2 Å². The first-order valence-electron chi connectivity index (χ1n) is 11.2. The van der Waals surface area contributed by atoms with Gasteiger partial charge in [-0.2, -0.15) is 0 Å². The number of para-hydroxylation sites is 1. The highest BCUT2D eigenvalue weighted by Crippen LogP contribution is 2.24. The van der Waals surface area contributed by atoms with E-state index in [-0.39, 0.29) is 6.10 Å². The molecule has 0 bridgehead atoms. The number of likely N-dealkylation sites (N-methyl/N-ethyl adjacent to an activating group) is 1. The van der Waals surface area contributed by atoms with Crippen LogP contribution in [0, 0.1) is 6.92 Å². The highest BCUT2D eigenvalue weighted by atomic mass is 16.5. The zero-order valence-electron chi connectivity index (χ0n) is 19.7. The molecule has 32 heavy (non-hydrogen) atoms. The van der Waals surface area contributed by atoms with Gasteiger partial charge in [-0.25, -0.2) is 0 Å². The fraction of sp³-hybridized carbons (Fsp3) is 0.480. The lowest BCUT2D eigenvalue weighted by molar-refractivity contribution is 0.140. The SMILES string of the molecule is CN=C(NCc1ccccc1OCCN(C)C)NCc1ccc(C)cc1OC1CCOC1. The molecule has 0 saturated carbocycles. The Morgan fingerprint density at radius 1 is 1.09 bits per heavy atom. The number of hydrogen-bond acceptors (Lipinski definition) is 5. The summed E-state index contributed by atoms with van der Waals surface area (Å²) in [6.45, 7) is 6.26. The molecule has 0 aromatic heterocycles. The van der Waals surface area contributed by atoms with Gasteiger partial charge in [-0.1, -0.05) is 30.3 Å². The minimum atomic E-state index is 0.122. The lowest BCUT2D eigenvalue weighted by Gasteiger charge is -2.18. The fourth-order valence-corrected chi connectivity index (χ4v) is 3.41. The van der Waals surface area contributed by atoms with Crippen LogP contribution >= 0.6 is 0 Å². The van der Waals surface area contributed by atoms with Crippen LogP contribution in [0.5, 0.6) is 11.5 Å². The van der Waals surface area contributed by atoms with Gasteiger partial charge in [0.15, 0.2) is 5.96 Å². The first kappa shape index (κ1) is 23.9. The zero-order chi connectivity index (χ0) is 22.8. The fourth-order valence-electron chi connectivity index (χ4n) is 3.41. The van der Waals surface area contributed by atoms with Gasteiger partial charge in [-0.05, 0) is 38.7 Å². The van der Waals surface area contributed by atoms with Crippen LogP contribution in [0.3, 0.4) is 0 Å². The summed E-state index contributed by atoms with van der Waals surface area (Å²) in [5.41, 5.74) is 3.36. The van der Waals surface area contributed by atoms with Gasteiger partial charge in [0.2, 0.25) is 0 Å². The Balaban J connectivity index is 1.56. The molecule has 2 aromatic carbocycles. The van der Waals surface area contributed by atoms with Gasteiger partial charge < -0.3 is 29.7 Å². The summed E-state index contributed by atoms with van der Waals surface area (Å²) in [5, 5.41) is 6.79. The minimum absolute atomic E-state index is 0.122. The topological polar surface area (TPSA) is 67.4 Å². The predicted molar refractivity (Wildman–Crippen MR) is 129 cm³/mol. The molecule has 174 valence electrons. The third-order valence-corrected chi connectivity index (χ3v) is 5.29. The summed E-state index contributed by atoms with van der Waals surface area (Å²) in [6.07, 6.45) is 1.05. The summed E-state index contributed by atoms with van der Waals surface area (Å²) >= 11 is 0. The van der Waals surface area contributed by atoms with Gasteiger partial charge in [0, 0.05) is 44.2 Å². The highest BCUT2D eigenvalue weighted by Gasteiger charge is 2.19. The molecule has 3 rings (SSSR count). The van der Waals surface area contributed by atoms with Crippen LogP contribution < -0.4 is 20.1 Å². The van der Waals surface area contributed by atoms with Crippen molar-refractivity contribution in [1.29, 1.82) is 0 Å². The minimum Gasteiger partial charge on any atom is -0.492 e. The highest BCUT2D eigenvalue weighted by molar-refractivity contribution is 5.79. The molecule has 0 radical (unpaired) electrons. The van der Waals surface area contributed by atoms with Crippen LogP contribution in [0.25, 0.3) is 0 Å². The average Bonchev–Trinajstić information content (AvgIpc) is 3.29. The maximum absolute atomic E-state index is 6.21. The molecule has 7 heteroatoms. The number of aliphatic imine (C=N–C) groups is 1. The molecule has 1 atom stereocenters. The van der Waals surface area contributed by atoms with E-state index in [4.69, 9.17) is 14.2 Å². The second-order valence-electron chi connectivity index (χ2n) is 8.25. The first-order valence-corrected chi connectivity index (χ1v) is 11.2. The molecule has 1 saturated heterocycles. The number of rotatable bonds is 10. The predicted octanol–water partition coefficient (Wildman–Crippen LogP) is 2.97. The Kier molecular flexibility index (Phi) is 9.19. The number of nitrogens with zero attached hydrogens (tertiary/aromatic N) is 2. The second kappa shape index (κ2) is 12.3. The number of guanidine groups is 1. The molecular weight excluding hydrogens is 404 g/mol. The van der Waals surface area contributed by atoms with Crippen LogP contribution in [0.1, 0.15) is 23.1 Å². The molecule has 2 N–H and O–H groups in total. The zero-order valence-corrected chi connectivity index (χ0v) is 19.7. The van der Waals surface area contributed by atoms with Crippen LogP contribution in [-0.2, 0) is 17.8 Å². The van der Waals surface area contributed by atoms with Crippen molar-refractivity contribution in [2.24, 2.45) is 4.99 Å². The van der Waals surface area contributed by atoms with E-state index in [0.29, 0.717) is 26.3 Å². The van der Waals surface area contributed by atoms with E-state index in [1.165, 1.54) is 5.56 Å². The van der Waals surface area contributed by atoms with Gasteiger partial charge in [0.25, 0.3) is 0 Å². The molecule has 1 heterocycles. The van der Waals surface area contributed by atoms with Crippen molar-refractivity contribution in [2.45, 2.75) is 32.5 Å². The molecular formula is C25H36N4O3. The summed E-state index contributed by atoms with van der Waals surface area (Å²) < 4.78 is 17.6. The van der Waals surface area contributed by atoms with E-state index >= 15 is 0 Å². The van der Waals surface area contributed by atoms with Crippen molar-refractivity contribution < 1.29 is 14.2 Å². The molecule has 0 spiro atoms. The summed E-state index contributed by atoms with van der Waals surface area (Å²) in [6, 6.07) is 14.4. The van der Waals surface area contributed by atoms with Crippen LogP contribution in [0.2, 0.25) is 0 Å². The number of hydrogen-bond donors (Lipinski definition) is 2. The summed E-state index contributed by atoms with van der Waals surface area (Å²) in [7, 11) is 5.86. The van der Waals surface area contributed by atoms with Crippen molar-refractivity contribution in [3.8, 4) is 11.5 Å². The lowest BCUT2D eigenvalue weighted by atomic mass is 10.1. The largest absolute Gasteiger partial charge is 0.492 e. The van der Waals surface area contributed by atoms with E-state index in [0.717, 1.165) is 48.2 Å². The van der Waals surface area contributed by atoms with E-state index < -0.39 is 0 Å². The summed E-state index contributed by atoms with van der Waals surface area (Å²) in [4.78, 5) is 6.48. The number of ether oxygens (including phenoxy) is 3. The van der Waals surface area contributed by atoms with Gasteiger partial charge in [-0.15, -0.1) is 0 Å². The molecule has 1 unspecified atom stereocenters. The summed E-state index contributed by atoms with van der Waals surface area (Å²) in [5.74, 6) is 2.53. The second-order valence-corrected chi connectivity index (χ2v) is 8.25. The van der Waals surface area contributed by atoms with Crippen molar-refractivity contribution in [3.63, 3.8) is 0 Å². The average molecular weight is 441 g/mol. The first-order chi connectivity index (χ1) is 15.5. The normalized spacial score (nSPS) is 16.3. The van der Waals surface area contributed by atoms with Crippen molar-refractivity contribution in [2.75, 3.05) is 47.5 Å². The molecule has 1 aliphatic rings. The Hall–Kier alpha value is -2.77. The molecule has 1 fully saturated rings. The number of aryl methyl sites for hydroxylation is 1. The van der Waals surface area contributed by atoms with Gasteiger partial charge >= 0.3 is 0 Å². The Labute approximate surface area is 191 Å². The maximum atomic E-state index is 6.21. The molecule has 0 amide bonds. The smallest absolute Gasteiger partial charge is 0.191 e. The monoisotopic (exact) mass is 440 g/mol. The van der Waals surface area contributed by atoms with E-state index in [9.17, 15) is 0 Å². The van der Waals surface area contributed by atoms with Gasteiger partial charge in [-0.3, -0.25) is 4.99 Å². The molecule has 0 aliphatic carbocycles. The van der Waals surface area contributed by atoms with E-state index in [2.05, 4.69) is 51.7 Å². The van der Waals surface area contributed by atoms with Gasteiger partial charge in [0.1, 0.15) is 24.2 Å². The Morgan fingerprint density at radius 2 is 1.84 bits per heavy atom. The quantitative estimate of drug-likeness (QED) is 0.437. The number of nitrogens with one attached hydrogen (secondary N) is 2. The standard InChI is InChI=1S/C25H36N4O3/c1-19-9-10-21(24(15-19)32-22-11-13-30-18-22)17-28-25(26-2)27-16-20-7-5-6-8-23(20)31-14-12-29(3)4/h5-10,15,22H,11-14,16-18H2,1-4H3,(H2,26,27,28). The van der Waals surface area contributed by atoms with E-state index in [1.807, 2.05) is 32.3 Å². The van der Waals surface area contributed by atoms with Crippen molar-refractivity contribution >= 4 is 5.96 Å². The van der Waals surface area contributed by atoms with Crippen molar-refractivity contribution in [1.82, 2.24) is 15.5 Å². The maximum Gasteiger partial charge on any atom is 0.191 e. The van der Waals surface area contributed by atoms with Crippen molar-refractivity contribution in [3.05, 3.63) is 59.2 Å². The number of benzene rings is 2. The molecule has 7 nitrogen and oxygen atoms in total. The van der Waals surface area contributed by atoms with Crippen LogP contribution in [0.4, 0.5) is 0 Å². The Bertz CT molecular complexity index is 879. The Morgan fingerprint density at radius 3 is 2.53 bits per heavy atom. The third-order valence-electron chi connectivity index (χ3n) is 5.29. The van der Waals surface area contributed by atoms with Crippen LogP contribution in [-0.4, -0.2) is 64.5 Å². The lowest BCUT2D eigenvalue weighted by Crippen LogP contribution is -2.36.